The molecule has 0 spiro atoms. The first kappa shape index (κ1) is 25.0. The third-order valence-electron chi connectivity index (χ3n) is 6.22. The Morgan fingerprint density at radius 2 is 1.74 bits per heavy atom. The van der Waals surface area contributed by atoms with E-state index in [1.54, 1.807) is 37.3 Å². The first-order valence-electron chi connectivity index (χ1n) is 11.6. The SMILES string of the molecule is CCNC(=O)[C@H](C)N(Cc1ccc(Cl)cc1)C(=O)CCCN1c2cccc3cccc(c23)S1(=O)=O. The summed E-state index contributed by atoms with van der Waals surface area (Å²) in [6, 6.07) is 17.2. The van der Waals surface area contributed by atoms with E-state index in [2.05, 4.69) is 5.32 Å². The van der Waals surface area contributed by atoms with Crippen molar-refractivity contribution in [2.75, 3.05) is 17.4 Å². The highest BCUT2D eigenvalue weighted by Gasteiger charge is 2.35. The Hall–Kier alpha value is -3.10. The molecule has 3 aromatic carbocycles. The van der Waals surface area contributed by atoms with Crippen LogP contribution in [0.3, 0.4) is 0 Å². The largest absolute Gasteiger partial charge is 0.355 e. The molecule has 4 rings (SSSR count). The van der Waals surface area contributed by atoms with Gasteiger partial charge in [0.1, 0.15) is 6.04 Å². The van der Waals surface area contributed by atoms with E-state index >= 15 is 0 Å². The van der Waals surface area contributed by atoms with Crippen molar-refractivity contribution < 1.29 is 18.0 Å². The molecule has 0 saturated heterocycles. The minimum absolute atomic E-state index is 0.107. The number of hydrogen-bond acceptors (Lipinski definition) is 4. The van der Waals surface area contributed by atoms with Crippen molar-refractivity contribution in [3.63, 3.8) is 0 Å². The van der Waals surface area contributed by atoms with E-state index in [4.69, 9.17) is 11.6 Å². The van der Waals surface area contributed by atoms with Gasteiger partial charge in [-0.2, -0.15) is 0 Å². The highest BCUT2D eigenvalue weighted by atomic mass is 35.5. The van der Waals surface area contributed by atoms with E-state index in [1.807, 2.05) is 37.3 Å². The van der Waals surface area contributed by atoms with Crippen molar-refractivity contribution in [1.82, 2.24) is 10.2 Å². The predicted molar refractivity (Wildman–Crippen MR) is 138 cm³/mol. The lowest BCUT2D eigenvalue weighted by Gasteiger charge is -2.29. The number of benzene rings is 3. The summed E-state index contributed by atoms with van der Waals surface area (Å²) in [5.74, 6) is -0.454. The summed E-state index contributed by atoms with van der Waals surface area (Å²) in [6.07, 6.45) is 0.428. The Kier molecular flexibility index (Phi) is 7.33. The van der Waals surface area contributed by atoms with Crippen LogP contribution in [-0.4, -0.2) is 44.3 Å². The normalized spacial score (nSPS) is 14.7. The average molecular weight is 514 g/mol. The van der Waals surface area contributed by atoms with E-state index in [-0.39, 0.29) is 31.3 Å². The quantitative estimate of drug-likeness (QED) is 0.461. The molecule has 35 heavy (non-hydrogen) atoms. The van der Waals surface area contributed by atoms with E-state index in [0.29, 0.717) is 28.6 Å². The fourth-order valence-corrected chi connectivity index (χ4v) is 6.28. The van der Waals surface area contributed by atoms with Crippen LogP contribution in [0.2, 0.25) is 5.02 Å². The van der Waals surface area contributed by atoms with E-state index in [9.17, 15) is 18.0 Å². The second-order valence-electron chi connectivity index (χ2n) is 8.53. The molecular weight excluding hydrogens is 486 g/mol. The predicted octanol–water partition coefficient (Wildman–Crippen LogP) is 4.34. The summed E-state index contributed by atoms with van der Waals surface area (Å²) >= 11 is 5.98. The Balaban J connectivity index is 1.49. The monoisotopic (exact) mass is 513 g/mol. The van der Waals surface area contributed by atoms with Gasteiger partial charge in [-0.1, -0.05) is 48.0 Å². The number of rotatable bonds is 9. The summed E-state index contributed by atoms with van der Waals surface area (Å²) < 4.78 is 27.7. The Labute approximate surface area is 210 Å². The molecule has 0 fully saturated rings. The first-order valence-corrected chi connectivity index (χ1v) is 13.4. The molecule has 1 aliphatic rings. The van der Waals surface area contributed by atoms with Gasteiger partial charge in [0, 0.05) is 36.5 Å². The third-order valence-corrected chi connectivity index (χ3v) is 8.33. The van der Waals surface area contributed by atoms with Crippen molar-refractivity contribution in [3.8, 4) is 0 Å². The molecule has 1 aliphatic heterocycles. The molecule has 7 nitrogen and oxygen atoms in total. The highest BCUT2D eigenvalue weighted by Crippen LogP contribution is 2.42. The van der Waals surface area contributed by atoms with Crippen LogP contribution in [0.5, 0.6) is 0 Å². The standard InChI is InChI=1S/C26H28ClN3O4S/c1-3-28-26(32)18(2)29(17-19-12-14-21(27)15-13-19)24(31)11-6-16-30-22-9-4-7-20-8-5-10-23(25(20)22)35(30,33)34/h4-5,7-10,12-15,18H,3,6,11,16-17H2,1-2H3,(H,28,32)/t18-/m0/s1. The topological polar surface area (TPSA) is 86.8 Å². The summed E-state index contributed by atoms with van der Waals surface area (Å²) in [4.78, 5) is 27.6. The number of hydrogen-bond donors (Lipinski definition) is 1. The van der Waals surface area contributed by atoms with Crippen molar-refractivity contribution in [2.24, 2.45) is 0 Å². The molecule has 0 saturated carbocycles. The minimum atomic E-state index is -3.67. The molecule has 184 valence electrons. The number of likely N-dealkylation sites (N-methyl/N-ethyl adjacent to an activating group) is 1. The summed E-state index contributed by atoms with van der Waals surface area (Å²) in [6.45, 7) is 4.41. The number of nitrogens with one attached hydrogen (secondary N) is 1. The van der Waals surface area contributed by atoms with Gasteiger partial charge in [-0.05, 0) is 55.5 Å². The van der Waals surface area contributed by atoms with E-state index in [1.165, 1.54) is 9.21 Å². The molecule has 0 radical (unpaired) electrons. The summed E-state index contributed by atoms with van der Waals surface area (Å²) in [5.41, 5.74) is 1.49. The van der Waals surface area contributed by atoms with Crippen molar-refractivity contribution >= 4 is 49.9 Å². The van der Waals surface area contributed by atoms with Crippen LogP contribution in [-0.2, 0) is 26.2 Å². The second-order valence-corrected chi connectivity index (χ2v) is 10.8. The Morgan fingerprint density at radius 3 is 2.43 bits per heavy atom. The average Bonchev–Trinajstić information content (AvgIpc) is 3.06. The number of anilines is 1. The highest BCUT2D eigenvalue weighted by molar-refractivity contribution is 7.93. The van der Waals surface area contributed by atoms with Gasteiger partial charge in [-0.3, -0.25) is 13.9 Å². The van der Waals surface area contributed by atoms with Crippen LogP contribution in [0.4, 0.5) is 5.69 Å². The molecule has 9 heteroatoms. The molecule has 2 amide bonds. The maximum Gasteiger partial charge on any atom is 0.265 e. The number of carbonyl (C=O) groups is 2. The molecule has 0 aliphatic carbocycles. The maximum atomic E-state index is 13.3. The van der Waals surface area contributed by atoms with Gasteiger partial charge < -0.3 is 10.2 Å². The third kappa shape index (κ3) is 4.99. The van der Waals surface area contributed by atoms with E-state index < -0.39 is 16.1 Å². The molecule has 0 unspecified atom stereocenters. The second kappa shape index (κ2) is 10.3. The fourth-order valence-electron chi connectivity index (χ4n) is 4.41. The van der Waals surface area contributed by atoms with Crippen molar-refractivity contribution in [3.05, 3.63) is 71.2 Å². The van der Waals surface area contributed by atoms with Gasteiger partial charge >= 0.3 is 0 Å². The van der Waals surface area contributed by atoms with Crippen LogP contribution in [0, 0.1) is 0 Å². The van der Waals surface area contributed by atoms with Gasteiger partial charge in [0.25, 0.3) is 10.0 Å². The number of sulfonamides is 1. The Morgan fingerprint density at radius 1 is 1.06 bits per heavy atom. The van der Waals surface area contributed by atoms with Crippen LogP contribution >= 0.6 is 11.6 Å². The van der Waals surface area contributed by atoms with Gasteiger partial charge in [-0.15, -0.1) is 0 Å². The van der Waals surface area contributed by atoms with Gasteiger partial charge in [-0.25, -0.2) is 8.42 Å². The lowest BCUT2D eigenvalue weighted by molar-refractivity contribution is -0.140. The van der Waals surface area contributed by atoms with Crippen LogP contribution in [0.15, 0.2) is 65.6 Å². The maximum absolute atomic E-state index is 13.3. The lowest BCUT2D eigenvalue weighted by Crippen LogP contribution is -2.47. The molecular formula is C26H28ClN3O4S. The van der Waals surface area contributed by atoms with Gasteiger partial charge in [0.2, 0.25) is 11.8 Å². The van der Waals surface area contributed by atoms with Gasteiger partial charge in [0.05, 0.1) is 10.6 Å². The smallest absolute Gasteiger partial charge is 0.265 e. The number of nitrogens with zero attached hydrogens (tertiary/aromatic N) is 2. The molecule has 1 heterocycles. The first-order chi connectivity index (χ1) is 16.7. The molecule has 1 atom stereocenters. The van der Waals surface area contributed by atoms with E-state index in [0.717, 1.165) is 16.3 Å². The zero-order valence-corrected chi connectivity index (χ0v) is 21.3. The Bertz CT molecular complexity index is 1350. The van der Waals surface area contributed by atoms with Crippen LogP contribution in [0.1, 0.15) is 32.3 Å². The molecule has 0 aromatic heterocycles. The number of carbonyl (C=O) groups excluding carboxylic acids is 2. The van der Waals surface area contributed by atoms with Crippen LogP contribution < -0.4 is 9.62 Å². The summed E-state index contributed by atoms with van der Waals surface area (Å²) in [7, 11) is -3.67. The summed E-state index contributed by atoms with van der Waals surface area (Å²) in [5, 5.41) is 4.94. The zero-order valence-electron chi connectivity index (χ0n) is 19.7. The number of halogens is 1. The molecule has 0 bridgehead atoms. The fraction of sp³-hybridized carbons (Fsp3) is 0.308. The van der Waals surface area contributed by atoms with Crippen LogP contribution in [0.25, 0.3) is 10.8 Å². The van der Waals surface area contributed by atoms with Crippen molar-refractivity contribution in [1.29, 1.82) is 0 Å². The zero-order chi connectivity index (χ0) is 25.2. The lowest BCUT2D eigenvalue weighted by atomic mass is 10.1. The minimum Gasteiger partial charge on any atom is -0.355 e. The number of amides is 2. The molecule has 3 aromatic rings. The molecule has 1 N–H and O–H groups in total. The van der Waals surface area contributed by atoms with Gasteiger partial charge in [0.15, 0.2) is 0 Å². The van der Waals surface area contributed by atoms with Crippen molar-refractivity contribution in [2.45, 2.75) is 44.2 Å².